The van der Waals surface area contributed by atoms with E-state index in [0.29, 0.717) is 46.5 Å². The fourth-order valence-corrected chi connectivity index (χ4v) is 8.57. The molecule has 2 saturated carbocycles. The Morgan fingerprint density at radius 2 is 1.85 bits per heavy atom. The van der Waals surface area contributed by atoms with E-state index in [4.69, 9.17) is 9.84 Å². The summed E-state index contributed by atoms with van der Waals surface area (Å²) in [6.07, 6.45) is 5.93. The summed E-state index contributed by atoms with van der Waals surface area (Å²) in [7, 11) is -0.512. The molecule has 214 valence electrons. The number of nitrogens with zero attached hydrogens (tertiary/aromatic N) is 3. The summed E-state index contributed by atoms with van der Waals surface area (Å²) in [5.74, 6) is -0.691. The summed E-state index contributed by atoms with van der Waals surface area (Å²) in [6, 6.07) is 10.2. The number of carbonyl (C=O) groups is 2. The molecule has 0 radical (unpaired) electrons. The van der Waals surface area contributed by atoms with Gasteiger partial charge in [0.25, 0.3) is 0 Å². The topological polar surface area (TPSA) is 139 Å². The van der Waals surface area contributed by atoms with Gasteiger partial charge in [0.15, 0.2) is 15.0 Å². The van der Waals surface area contributed by atoms with Crippen molar-refractivity contribution in [2.45, 2.75) is 67.1 Å². The zero-order chi connectivity index (χ0) is 28.5. The fourth-order valence-electron chi connectivity index (χ4n) is 5.66. The Kier molecular flexibility index (Phi) is 8.12. The van der Waals surface area contributed by atoms with Gasteiger partial charge >= 0.3 is 5.97 Å². The van der Waals surface area contributed by atoms with Gasteiger partial charge in [-0.2, -0.15) is 0 Å². The number of carbonyl (C=O) groups excluding carboxylic acids is 1. The Hall–Kier alpha value is -3.09. The lowest BCUT2D eigenvalue weighted by Gasteiger charge is -2.27. The Morgan fingerprint density at radius 3 is 2.48 bits per heavy atom. The zero-order valence-corrected chi connectivity index (χ0v) is 24.3. The van der Waals surface area contributed by atoms with E-state index in [1.165, 1.54) is 11.3 Å². The normalized spacial score (nSPS) is 17.7. The monoisotopic (exact) mass is 586 g/mol. The molecule has 2 N–H and O–H groups in total. The van der Waals surface area contributed by atoms with Crippen LogP contribution in [0.25, 0.3) is 10.3 Å². The van der Waals surface area contributed by atoms with Crippen molar-refractivity contribution >= 4 is 48.5 Å². The highest BCUT2D eigenvalue weighted by Crippen LogP contribution is 2.49. The molecule has 0 unspecified atom stereocenters. The number of fused-ring (bicyclic) bond motifs is 1. The Bertz CT molecular complexity index is 1490. The zero-order valence-electron chi connectivity index (χ0n) is 22.6. The molecule has 0 bridgehead atoms. The van der Waals surface area contributed by atoms with Gasteiger partial charge in [0.05, 0.1) is 24.3 Å². The lowest BCUT2D eigenvalue weighted by Crippen LogP contribution is -2.42. The van der Waals surface area contributed by atoms with Crippen LogP contribution in [0.4, 0.5) is 5.13 Å². The number of hydrogen-bond acceptors (Lipinski definition) is 9. The minimum atomic E-state index is -3.72. The van der Waals surface area contributed by atoms with Crippen LogP contribution < -0.4 is 10.1 Å². The van der Waals surface area contributed by atoms with E-state index in [1.54, 1.807) is 55.5 Å². The Morgan fingerprint density at radius 1 is 1.15 bits per heavy atom. The first-order valence-electron chi connectivity index (χ1n) is 13.5. The molecule has 5 rings (SSSR count). The largest absolute Gasteiger partial charge is 0.481 e. The molecule has 1 amide bonds. The van der Waals surface area contributed by atoms with E-state index in [-0.39, 0.29) is 23.8 Å². The highest BCUT2D eigenvalue weighted by molar-refractivity contribution is 7.93. The van der Waals surface area contributed by atoms with Crippen LogP contribution >= 0.6 is 11.3 Å². The third-order valence-corrected chi connectivity index (χ3v) is 11.7. The van der Waals surface area contributed by atoms with Crippen molar-refractivity contribution in [2.24, 2.45) is 5.92 Å². The molecule has 0 aliphatic heterocycles. The molecule has 0 spiro atoms. The molecular weight excluding hydrogens is 552 g/mol. The van der Waals surface area contributed by atoms with Crippen molar-refractivity contribution in [3.05, 3.63) is 42.0 Å². The second-order valence-corrected chi connectivity index (χ2v) is 13.9. The highest BCUT2D eigenvalue weighted by atomic mass is 32.2. The van der Waals surface area contributed by atoms with Gasteiger partial charge in [0.2, 0.25) is 11.8 Å². The Labute approximate surface area is 237 Å². The van der Waals surface area contributed by atoms with Gasteiger partial charge in [-0.3, -0.25) is 14.5 Å². The third-order valence-electron chi connectivity index (χ3n) is 8.16. The summed E-state index contributed by atoms with van der Waals surface area (Å²) in [4.78, 5) is 34.9. The first kappa shape index (κ1) is 28.4. The summed E-state index contributed by atoms with van der Waals surface area (Å²) in [6.45, 7) is 0.157. The number of ether oxygens (including phenoxy) is 1. The molecule has 10 nitrogen and oxygen atoms in total. The predicted molar refractivity (Wildman–Crippen MR) is 152 cm³/mol. The fraction of sp³-hybridized carbons (Fsp3) is 0.500. The number of carboxylic acid groups (broad SMARTS) is 1. The maximum absolute atomic E-state index is 13.6. The summed E-state index contributed by atoms with van der Waals surface area (Å²) in [5.41, 5.74) is 1.43. The van der Waals surface area contributed by atoms with Gasteiger partial charge in [-0.15, -0.1) is 0 Å². The summed E-state index contributed by atoms with van der Waals surface area (Å²) in [5, 5.41) is 12.5. The maximum Gasteiger partial charge on any atom is 0.304 e. The standard InChI is InChI=1S/C28H34N4O6S2/c1-32(16-13-24(33)34)28(14-15-28)40(36,37)20-9-7-19(8-10-20)21(17-18-5-3-4-6-18)25(35)31-27-29-22-11-12-23(38-2)30-26(22)39-27/h7-12,18,21H,3-6,13-17H2,1-2H3,(H,33,34)(H,29,31,35)/t21-/m1/s1. The van der Waals surface area contributed by atoms with Gasteiger partial charge in [-0.05, 0) is 56.0 Å². The molecule has 2 aromatic heterocycles. The number of nitrogens with one attached hydrogen (secondary N) is 1. The van der Waals surface area contributed by atoms with Crippen molar-refractivity contribution in [3.63, 3.8) is 0 Å². The van der Waals surface area contributed by atoms with Crippen LogP contribution in [-0.2, 0) is 19.4 Å². The molecule has 2 aliphatic rings. The number of pyridine rings is 1. The molecule has 2 fully saturated rings. The lowest BCUT2D eigenvalue weighted by molar-refractivity contribution is -0.137. The summed E-state index contributed by atoms with van der Waals surface area (Å²) < 4.78 is 32.3. The van der Waals surface area contributed by atoms with E-state index in [0.717, 1.165) is 31.2 Å². The minimum Gasteiger partial charge on any atom is -0.481 e. The molecule has 1 atom stereocenters. The second-order valence-electron chi connectivity index (χ2n) is 10.7. The number of aliphatic carboxylic acids is 1. The minimum absolute atomic E-state index is 0.122. The number of thiazole rings is 1. The van der Waals surface area contributed by atoms with Gasteiger partial charge in [0, 0.05) is 12.6 Å². The quantitative estimate of drug-likeness (QED) is 0.310. The van der Waals surface area contributed by atoms with Crippen molar-refractivity contribution in [1.82, 2.24) is 14.9 Å². The smallest absolute Gasteiger partial charge is 0.304 e. The number of benzene rings is 1. The number of amides is 1. The van der Waals surface area contributed by atoms with Crippen molar-refractivity contribution in [2.75, 3.05) is 26.0 Å². The number of rotatable bonds is 12. The molecule has 2 aliphatic carbocycles. The van der Waals surface area contributed by atoms with E-state index in [1.807, 2.05) is 0 Å². The van der Waals surface area contributed by atoms with E-state index >= 15 is 0 Å². The van der Waals surface area contributed by atoms with E-state index < -0.39 is 26.6 Å². The number of anilines is 1. The molecular formula is C28H34N4O6S2. The molecule has 40 heavy (non-hydrogen) atoms. The first-order chi connectivity index (χ1) is 19.1. The summed E-state index contributed by atoms with van der Waals surface area (Å²) >= 11 is 1.28. The van der Waals surface area contributed by atoms with Crippen LogP contribution in [0.3, 0.4) is 0 Å². The van der Waals surface area contributed by atoms with Crippen LogP contribution in [0.5, 0.6) is 5.88 Å². The van der Waals surface area contributed by atoms with Crippen molar-refractivity contribution in [1.29, 1.82) is 0 Å². The van der Waals surface area contributed by atoms with Gasteiger partial charge in [-0.25, -0.2) is 18.4 Å². The van der Waals surface area contributed by atoms with Crippen LogP contribution in [0, 0.1) is 5.92 Å². The SMILES string of the molecule is COc1ccc2nc(NC(=O)[C@H](CC3CCCC3)c3ccc(S(=O)(=O)C4(N(C)CCC(=O)O)CC4)cc3)sc2n1. The van der Waals surface area contributed by atoms with E-state index in [2.05, 4.69) is 15.3 Å². The Balaban J connectivity index is 1.37. The highest BCUT2D eigenvalue weighted by Gasteiger charge is 2.57. The van der Waals surface area contributed by atoms with E-state index in [9.17, 15) is 18.0 Å². The second kappa shape index (κ2) is 11.4. The third kappa shape index (κ3) is 5.70. The molecule has 2 heterocycles. The molecule has 1 aromatic carbocycles. The maximum atomic E-state index is 13.6. The number of sulfone groups is 1. The first-order valence-corrected chi connectivity index (χ1v) is 15.8. The van der Waals surface area contributed by atoms with Gasteiger partial charge in [-0.1, -0.05) is 49.2 Å². The number of hydrogen-bond donors (Lipinski definition) is 2. The predicted octanol–water partition coefficient (Wildman–Crippen LogP) is 4.67. The van der Waals surface area contributed by atoms with Crippen molar-refractivity contribution < 1.29 is 27.9 Å². The number of methoxy groups -OCH3 is 1. The van der Waals surface area contributed by atoms with Gasteiger partial charge < -0.3 is 15.2 Å². The van der Waals surface area contributed by atoms with Gasteiger partial charge in [0.1, 0.15) is 15.2 Å². The van der Waals surface area contributed by atoms with Crippen LogP contribution in [-0.4, -0.2) is 65.8 Å². The number of carboxylic acids is 1. The van der Waals surface area contributed by atoms with Crippen molar-refractivity contribution in [3.8, 4) is 5.88 Å². The molecule has 12 heteroatoms. The van der Waals surface area contributed by atoms with Crippen LogP contribution in [0.1, 0.15) is 62.8 Å². The average Bonchev–Trinajstić information content (AvgIpc) is 3.43. The van der Waals surface area contributed by atoms with Crippen LogP contribution in [0.15, 0.2) is 41.3 Å². The average molecular weight is 587 g/mol. The van der Waals surface area contributed by atoms with Crippen LogP contribution in [0.2, 0.25) is 0 Å². The molecule has 0 saturated heterocycles. The number of aromatic nitrogens is 2. The lowest BCUT2D eigenvalue weighted by atomic mass is 9.87. The molecule has 3 aromatic rings.